The highest BCUT2D eigenvalue weighted by Gasteiger charge is 2.19. The van der Waals surface area contributed by atoms with Crippen molar-refractivity contribution in [2.24, 2.45) is 0 Å². The fourth-order valence-corrected chi connectivity index (χ4v) is 11.3. The number of ether oxygens (including phenoxy) is 3. The maximum Gasteiger partial charge on any atom is 0.306 e. The first-order chi connectivity index (χ1) is 39.0. The number of hydrogen-bond acceptors (Lipinski definition) is 6. The van der Waals surface area contributed by atoms with E-state index in [-0.39, 0.29) is 31.1 Å². The van der Waals surface area contributed by atoms with Crippen molar-refractivity contribution < 1.29 is 28.6 Å². The summed E-state index contributed by atoms with van der Waals surface area (Å²) in [7, 11) is 0. The van der Waals surface area contributed by atoms with Gasteiger partial charge in [-0.25, -0.2) is 0 Å². The summed E-state index contributed by atoms with van der Waals surface area (Å²) in [6, 6.07) is 0. The second kappa shape index (κ2) is 68.6. The average molecular weight is 1110 g/mol. The van der Waals surface area contributed by atoms with Gasteiger partial charge >= 0.3 is 17.9 Å². The zero-order chi connectivity index (χ0) is 57.1. The van der Waals surface area contributed by atoms with Crippen LogP contribution in [0.5, 0.6) is 0 Å². The number of allylic oxidation sites excluding steroid dienone is 2. The maximum absolute atomic E-state index is 12.9. The fraction of sp³-hybridized carbons (Fsp3) is 0.932. The van der Waals surface area contributed by atoms with Crippen LogP contribution in [0, 0.1) is 0 Å². The molecule has 6 heteroatoms. The van der Waals surface area contributed by atoms with Gasteiger partial charge in [-0.15, -0.1) is 0 Å². The molecule has 0 amide bonds. The number of carbonyl (C=O) groups is 3. The molecule has 0 fully saturated rings. The van der Waals surface area contributed by atoms with Gasteiger partial charge in [-0.05, 0) is 44.9 Å². The second-order valence-corrected chi connectivity index (χ2v) is 24.9. The standard InChI is InChI=1S/C73H140O6/c1-4-7-10-13-16-19-22-24-26-28-30-32-33-34-35-36-37-38-39-40-41-42-44-45-47-49-51-54-57-60-63-66-72(75)78-69-70(68-77-71(74)65-62-59-56-53-21-18-15-12-9-6-3)79-73(76)67-64-61-58-55-52-50-48-46-43-31-29-27-25-23-20-17-14-11-8-5-2/h28,30,70H,4-27,29,31-69H2,1-3H3/b30-28-. The molecule has 79 heavy (non-hydrogen) atoms. The third-order valence-corrected chi connectivity index (χ3v) is 16.8. The van der Waals surface area contributed by atoms with Crippen molar-refractivity contribution in [1.82, 2.24) is 0 Å². The van der Waals surface area contributed by atoms with E-state index in [4.69, 9.17) is 14.2 Å². The van der Waals surface area contributed by atoms with Crippen LogP contribution in [0.1, 0.15) is 419 Å². The normalized spacial score (nSPS) is 12.0. The van der Waals surface area contributed by atoms with Crippen LogP contribution < -0.4 is 0 Å². The van der Waals surface area contributed by atoms with Crippen LogP contribution in [0.25, 0.3) is 0 Å². The molecule has 0 radical (unpaired) electrons. The zero-order valence-corrected chi connectivity index (χ0v) is 53.9. The number of unbranched alkanes of at least 4 members (excludes halogenated alkanes) is 55. The molecule has 1 atom stereocenters. The number of rotatable bonds is 68. The molecule has 0 aromatic rings. The van der Waals surface area contributed by atoms with E-state index >= 15 is 0 Å². The van der Waals surface area contributed by atoms with E-state index in [0.717, 1.165) is 57.8 Å². The van der Waals surface area contributed by atoms with Gasteiger partial charge in [0.1, 0.15) is 13.2 Å². The molecule has 468 valence electrons. The third kappa shape index (κ3) is 66.8. The van der Waals surface area contributed by atoms with Crippen molar-refractivity contribution in [2.75, 3.05) is 13.2 Å². The number of esters is 3. The first-order valence-electron chi connectivity index (χ1n) is 36.2. The summed E-state index contributed by atoms with van der Waals surface area (Å²) in [5.74, 6) is -0.828. The molecule has 0 aliphatic rings. The summed E-state index contributed by atoms with van der Waals surface area (Å²) in [5.41, 5.74) is 0. The highest BCUT2D eigenvalue weighted by Crippen LogP contribution is 2.19. The zero-order valence-electron chi connectivity index (χ0n) is 53.9. The smallest absolute Gasteiger partial charge is 0.306 e. The van der Waals surface area contributed by atoms with Gasteiger partial charge in [-0.3, -0.25) is 14.4 Å². The van der Waals surface area contributed by atoms with E-state index in [1.807, 2.05) is 0 Å². The van der Waals surface area contributed by atoms with Crippen molar-refractivity contribution in [1.29, 1.82) is 0 Å². The van der Waals surface area contributed by atoms with Crippen molar-refractivity contribution in [3.63, 3.8) is 0 Å². The van der Waals surface area contributed by atoms with Crippen LogP contribution >= 0.6 is 0 Å². The lowest BCUT2D eigenvalue weighted by Gasteiger charge is -2.18. The summed E-state index contributed by atoms with van der Waals surface area (Å²) in [5, 5.41) is 0. The van der Waals surface area contributed by atoms with Crippen LogP contribution in [0.15, 0.2) is 12.2 Å². The van der Waals surface area contributed by atoms with E-state index in [1.54, 1.807) is 0 Å². The molecule has 0 aromatic heterocycles. The monoisotopic (exact) mass is 1110 g/mol. The summed E-state index contributed by atoms with van der Waals surface area (Å²) in [4.78, 5) is 38.3. The SMILES string of the molecule is CCCCCCCCCC/C=C\CCCCCCCCCCCCCCCCCCCCCC(=O)OCC(COC(=O)CCCCCCCCCCCC)OC(=O)CCCCCCCCCCCCCCCCCCCCCC. The Morgan fingerprint density at radius 2 is 0.418 bits per heavy atom. The lowest BCUT2D eigenvalue weighted by molar-refractivity contribution is -0.167. The quantitative estimate of drug-likeness (QED) is 0.0261. The lowest BCUT2D eigenvalue weighted by Crippen LogP contribution is -2.30. The number of carbonyl (C=O) groups excluding carboxylic acids is 3. The van der Waals surface area contributed by atoms with E-state index in [0.29, 0.717) is 19.3 Å². The fourth-order valence-electron chi connectivity index (χ4n) is 11.3. The van der Waals surface area contributed by atoms with Gasteiger partial charge in [-0.2, -0.15) is 0 Å². The molecule has 6 nitrogen and oxygen atoms in total. The topological polar surface area (TPSA) is 78.9 Å². The summed E-state index contributed by atoms with van der Waals surface area (Å²) in [6.45, 7) is 6.72. The first kappa shape index (κ1) is 77.2. The molecule has 0 aliphatic heterocycles. The largest absolute Gasteiger partial charge is 0.462 e. The molecule has 1 unspecified atom stereocenters. The highest BCUT2D eigenvalue weighted by molar-refractivity contribution is 5.71. The van der Waals surface area contributed by atoms with Crippen LogP contribution in [0.4, 0.5) is 0 Å². The van der Waals surface area contributed by atoms with Crippen molar-refractivity contribution in [2.45, 2.75) is 425 Å². The van der Waals surface area contributed by atoms with Crippen molar-refractivity contribution >= 4 is 17.9 Å². The van der Waals surface area contributed by atoms with Crippen LogP contribution in [0.2, 0.25) is 0 Å². The minimum absolute atomic E-state index is 0.0621. The van der Waals surface area contributed by atoms with E-state index < -0.39 is 6.10 Å². The van der Waals surface area contributed by atoms with Gasteiger partial charge in [0.25, 0.3) is 0 Å². The molecule has 0 rings (SSSR count). The Morgan fingerprint density at radius 3 is 0.633 bits per heavy atom. The molecular weight excluding hydrogens is 973 g/mol. The molecule has 0 N–H and O–H groups in total. The molecule has 0 saturated heterocycles. The highest BCUT2D eigenvalue weighted by atomic mass is 16.6. The molecule has 0 heterocycles. The lowest BCUT2D eigenvalue weighted by atomic mass is 10.0. The summed E-state index contributed by atoms with van der Waals surface area (Å²) >= 11 is 0. The summed E-state index contributed by atoms with van der Waals surface area (Å²) in [6.07, 6.45) is 82.7. The van der Waals surface area contributed by atoms with Crippen molar-refractivity contribution in [3.05, 3.63) is 12.2 Å². The Kier molecular flexibility index (Phi) is 67.0. The van der Waals surface area contributed by atoms with E-state index in [1.165, 1.54) is 321 Å². The van der Waals surface area contributed by atoms with Gasteiger partial charge in [0.15, 0.2) is 6.10 Å². The summed E-state index contributed by atoms with van der Waals surface area (Å²) < 4.78 is 17.0. The second-order valence-electron chi connectivity index (χ2n) is 24.9. The van der Waals surface area contributed by atoms with Crippen LogP contribution in [-0.2, 0) is 28.6 Å². The van der Waals surface area contributed by atoms with Crippen molar-refractivity contribution in [3.8, 4) is 0 Å². The molecular formula is C73H140O6. The maximum atomic E-state index is 12.9. The van der Waals surface area contributed by atoms with Crippen LogP contribution in [-0.4, -0.2) is 37.2 Å². The molecule has 0 aliphatic carbocycles. The predicted molar refractivity (Wildman–Crippen MR) is 344 cm³/mol. The Hall–Kier alpha value is -1.85. The van der Waals surface area contributed by atoms with Gasteiger partial charge in [0.05, 0.1) is 0 Å². The Labute approximate surface area is 494 Å². The van der Waals surface area contributed by atoms with Gasteiger partial charge < -0.3 is 14.2 Å². The minimum atomic E-state index is -0.764. The van der Waals surface area contributed by atoms with Gasteiger partial charge in [0, 0.05) is 19.3 Å². The Bertz CT molecular complexity index is 1230. The Morgan fingerprint density at radius 1 is 0.241 bits per heavy atom. The van der Waals surface area contributed by atoms with Gasteiger partial charge in [-0.1, -0.05) is 367 Å². The van der Waals surface area contributed by atoms with Crippen LogP contribution in [0.3, 0.4) is 0 Å². The van der Waals surface area contributed by atoms with E-state index in [2.05, 4.69) is 32.9 Å². The predicted octanol–water partition coefficient (Wildman–Crippen LogP) is 24.8. The Balaban J connectivity index is 4.06. The third-order valence-electron chi connectivity index (χ3n) is 16.8. The molecule has 0 spiro atoms. The molecule has 0 aromatic carbocycles. The number of hydrogen-bond donors (Lipinski definition) is 0. The minimum Gasteiger partial charge on any atom is -0.462 e. The van der Waals surface area contributed by atoms with Gasteiger partial charge in [0.2, 0.25) is 0 Å². The average Bonchev–Trinajstić information content (AvgIpc) is 3.45. The first-order valence-corrected chi connectivity index (χ1v) is 36.2. The molecule has 0 bridgehead atoms. The van der Waals surface area contributed by atoms with E-state index in [9.17, 15) is 14.4 Å². The molecule has 0 saturated carbocycles.